The number of rotatable bonds is 8. The summed E-state index contributed by atoms with van der Waals surface area (Å²) in [6.07, 6.45) is 7.35. The molecule has 0 aliphatic carbocycles. The molecule has 9 nitrogen and oxygen atoms in total. The number of hydrogen-bond acceptors (Lipinski definition) is 7. The number of anilines is 1. The lowest BCUT2D eigenvalue weighted by atomic mass is 10.1. The van der Waals surface area contributed by atoms with Gasteiger partial charge in [0, 0.05) is 50.7 Å². The molecule has 41 heavy (non-hydrogen) atoms. The zero-order chi connectivity index (χ0) is 27.6. The summed E-state index contributed by atoms with van der Waals surface area (Å²) in [5.41, 5.74) is 7.64. The van der Waals surface area contributed by atoms with Crippen molar-refractivity contribution in [3.63, 3.8) is 0 Å². The number of nitrogens with zero attached hydrogens (tertiary/aromatic N) is 5. The zero-order valence-electron chi connectivity index (χ0n) is 23.5. The number of fused-ring (bicyclic) bond motifs is 3. The summed E-state index contributed by atoms with van der Waals surface area (Å²) < 4.78 is 21.2. The normalized spacial score (nSPS) is 18.2. The highest BCUT2D eigenvalue weighted by Gasteiger charge is 2.21. The van der Waals surface area contributed by atoms with Crippen molar-refractivity contribution in [1.29, 1.82) is 0 Å². The molecule has 0 saturated carbocycles. The van der Waals surface area contributed by atoms with Crippen molar-refractivity contribution in [2.75, 3.05) is 45.3 Å². The minimum atomic E-state index is -0.0196. The SMILES string of the molecule is COc1ccc(CNc2nc3cc(-c4ccnn4C4CCCCO4)ccc3n3cc(CN4CCOCC4)cc23)cc1. The van der Waals surface area contributed by atoms with Crippen molar-refractivity contribution < 1.29 is 14.2 Å². The quantitative estimate of drug-likeness (QED) is 0.272. The molecule has 2 aromatic carbocycles. The third-order valence-corrected chi connectivity index (χ3v) is 8.11. The maximum absolute atomic E-state index is 6.05. The predicted octanol–water partition coefficient (Wildman–Crippen LogP) is 5.50. The minimum absolute atomic E-state index is 0.0196. The van der Waals surface area contributed by atoms with Gasteiger partial charge >= 0.3 is 0 Å². The van der Waals surface area contributed by atoms with E-state index in [2.05, 4.69) is 68.4 Å². The van der Waals surface area contributed by atoms with Crippen molar-refractivity contribution in [2.24, 2.45) is 0 Å². The van der Waals surface area contributed by atoms with Gasteiger partial charge in [0.15, 0.2) is 12.0 Å². The van der Waals surface area contributed by atoms with E-state index < -0.39 is 0 Å². The van der Waals surface area contributed by atoms with Crippen LogP contribution in [0, 0.1) is 0 Å². The Hall–Kier alpha value is -3.92. The molecular weight excluding hydrogens is 516 g/mol. The second-order valence-electron chi connectivity index (χ2n) is 10.8. The van der Waals surface area contributed by atoms with Crippen molar-refractivity contribution in [3.05, 3.63) is 78.1 Å². The Morgan fingerprint density at radius 1 is 0.951 bits per heavy atom. The molecule has 0 spiro atoms. The Kier molecular flexibility index (Phi) is 7.31. The summed E-state index contributed by atoms with van der Waals surface area (Å²) >= 11 is 0. The van der Waals surface area contributed by atoms with Crippen molar-refractivity contribution in [2.45, 2.75) is 38.6 Å². The van der Waals surface area contributed by atoms with Gasteiger partial charge in [0.05, 0.1) is 42.6 Å². The van der Waals surface area contributed by atoms with E-state index in [0.29, 0.717) is 6.54 Å². The molecule has 0 amide bonds. The molecule has 0 radical (unpaired) electrons. The van der Waals surface area contributed by atoms with Crippen LogP contribution in [0.3, 0.4) is 0 Å². The maximum atomic E-state index is 6.05. The second kappa shape index (κ2) is 11.5. The zero-order valence-corrected chi connectivity index (χ0v) is 23.5. The molecule has 0 bridgehead atoms. The van der Waals surface area contributed by atoms with E-state index in [4.69, 9.17) is 19.2 Å². The van der Waals surface area contributed by atoms with Gasteiger partial charge in [-0.15, -0.1) is 0 Å². The van der Waals surface area contributed by atoms with Crippen LogP contribution in [-0.4, -0.2) is 64.1 Å². The molecule has 2 aliphatic rings. The van der Waals surface area contributed by atoms with Crippen LogP contribution < -0.4 is 10.1 Å². The average molecular weight is 553 g/mol. The standard InChI is InChI=1S/C32H36N6O3/c1-39-26-8-5-23(6-9-26)20-33-32-30-18-24(21-36-13-16-40-17-14-36)22-37(30)29-10-7-25(19-27(29)35-32)28-11-12-34-38(28)31-4-2-3-15-41-31/h5-12,18-19,22,31H,2-4,13-17,20-21H2,1H3,(H,33,35). The fraction of sp³-hybridized carbons (Fsp3) is 0.375. The summed E-state index contributed by atoms with van der Waals surface area (Å²) in [5.74, 6) is 1.72. The highest BCUT2D eigenvalue weighted by atomic mass is 16.5. The first-order chi connectivity index (χ1) is 20.2. The lowest BCUT2D eigenvalue weighted by Crippen LogP contribution is -2.35. The van der Waals surface area contributed by atoms with Gasteiger partial charge in [0.2, 0.25) is 0 Å². The van der Waals surface area contributed by atoms with Gasteiger partial charge in [-0.25, -0.2) is 9.67 Å². The lowest BCUT2D eigenvalue weighted by molar-refractivity contribution is -0.0383. The monoisotopic (exact) mass is 552 g/mol. The molecule has 1 N–H and O–H groups in total. The Labute approximate surface area is 239 Å². The highest BCUT2D eigenvalue weighted by molar-refractivity contribution is 5.88. The van der Waals surface area contributed by atoms with Gasteiger partial charge < -0.3 is 23.9 Å². The summed E-state index contributed by atoms with van der Waals surface area (Å²) in [7, 11) is 1.69. The smallest absolute Gasteiger partial charge is 0.151 e. The molecule has 2 aliphatic heterocycles. The Morgan fingerprint density at radius 2 is 1.83 bits per heavy atom. The summed E-state index contributed by atoms with van der Waals surface area (Å²) in [6.45, 7) is 5.82. The Morgan fingerprint density at radius 3 is 2.63 bits per heavy atom. The minimum Gasteiger partial charge on any atom is -0.497 e. The van der Waals surface area contributed by atoms with E-state index in [-0.39, 0.29) is 6.23 Å². The first-order valence-electron chi connectivity index (χ1n) is 14.5. The predicted molar refractivity (Wildman–Crippen MR) is 159 cm³/mol. The molecule has 5 heterocycles. The van der Waals surface area contributed by atoms with E-state index in [0.717, 1.165) is 104 Å². The largest absolute Gasteiger partial charge is 0.497 e. The van der Waals surface area contributed by atoms with Crippen LogP contribution in [0.4, 0.5) is 5.82 Å². The van der Waals surface area contributed by atoms with Crippen LogP contribution in [0.25, 0.3) is 27.8 Å². The molecule has 2 saturated heterocycles. The molecule has 1 atom stereocenters. The number of methoxy groups -OCH3 is 1. The molecule has 3 aromatic heterocycles. The number of aromatic nitrogens is 4. The number of morpholine rings is 1. The van der Waals surface area contributed by atoms with E-state index in [1.807, 2.05) is 23.0 Å². The maximum Gasteiger partial charge on any atom is 0.151 e. The van der Waals surface area contributed by atoms with Crippen LogP contribution >= 0.6 is 0 Å². The van der Waals surface area contributed by atoms with E-state index in [1.54, 1.807) is 7.11 Å². The van der Waals surface area contributed by atoms with Gasteiger partial charge in [-0.1, -0.05) is 18.2 Å². The van der Waals surface area contributed by atoms with Crippen LogP contribution in [0.5, 0.6) is 5.75 Å². The third-order valence-electron chi connectivity index (χ3n) is 8.11. The van der Waals surface area contributed by atoms with E-state index in [9.17, 15) is 0 Å². The fourth-order valence-electron chi connectivity index (χ4n) is 5.91. The van der Waals surface area contributed by atoms with Gasteiger partial charge in [0.1, 0.15) is 5.75 Å². The Bertz CT molecular complexity index is 1630. The van der Waals surface area contributed by atoms with Gasteiger partial charge in [0.25, 0.3) is 0 Å². The van der Waals surface area contributed by atoms with Crippen molar-refractivity contribution in [1.82, 2.24) is 24.1 Å². The summed E-state index contributed by atoms with van der Waals surface area (Å²) in [6, 6.07) is 19.0. The van der Waals surface area contributed by atoms with Crippen molar-refractivity contribution >= 4 is 22.4 Å². The van der Waals surface area contributed by atoms with E-state index >= 15 is 0 Å². The molecule has 1 unspecified atom stereocenters. The van der Waals surface area contributed by atoms with Gasteiger partial charge in [-0.05, 0) is 66.8 Å². The number of hydrogen-bond donors (Lipinski definition) is 1. The molecule has 2 fully saturated rings. The molecule has 9 heteroatoms. The highest BCUT2D eigenvalue weighted by Crippen LogP contribution is 2.32. The van der Waals surface area contributed by atoms with Gasteiger partial charge in [-0.3, -0.25) is 4.90 Å². The molecular formula is C32H36N6O3. The van der Waals surface area contributed by atoms with Gasteiger partial charge in [-0.2, -0.15) is 5.10 Å². The lowest BCUT2D eigenvalue weighted by Gasteiger charge is -2.25. The summed E-state index contributed by atoms with van der Waals surface area (Å²) in [4.78, 5) is 7.62. The Balaban J connectivity index is 1.26. The molecule has 7 rings (SSSR count). The number of ether oxygens (including phenoxy) is 3. The number of nitrogens with one attached hydrogen (secondary N) is 1. The van der Waals surface area contributed by atoms with E-state index in [1.165, 1.54) is 5.56 Å². The van der Waals surface area contributed by atoms with Crippen LogP contribution in [0.15, 0.2) is 67.0 Å². The summed E-state index contributed by atoms with van der Waals surface area (Å²) in [5, 5.41) is 8.25. The first kappa shape index (κ1) is 26.0. The molecule has 212 valence electrons. The van der Waals surface area contributed by atoms with Crippen LogP contribution in [-0.2, 0) is 22.6 Å². The van der Waals surface area contributed by atoms with Crippen molar-refractivity contribution in [3.8, 4) is 17.0 Å². The average Bonchev–Trinajstić information content (AvgIpc) is 3.69. The number of benzene rings is 2. The fourth-order valence-corrected chi connectivity index (χ4v) is 5.91. The van der Waals surface area contributed by atoms with Crippen LogP contribution in [0.1, 0.15) is 36.6 Å². The van der Waals surface area contributed by atoms with Crippen LogP contribution in [0.2, 0.25) is 0 Å². The first-order valence-corrected chi connectivity index (χ1v) is 14.5. The topological polar surface area (TPSA) is 78.1 Å². The molecule has 5 aromatic rings. The third kappa shape index (κ3) is 5.40. The second-order valence-corrected chi connectivity index (χ2v) is 10.8.